The molecule has 0 bridgehead atoms. The van der Waals surface area contributed by atoms with E-state index in [1.54, 1.807) is 40.0 Å². The van der Waals surface area contributed by atoms with Crippen molar-refractivity contribution in [1.29, 1.82) is 5.26 Å². The normalized spacial score (nSPS) is 10.9. The van der Waals surface area contributed by atoms with Crippen molar-refractivity contribution in [2.75, 3.05) is 18.2 Å². The van der Waals surface area contributed by atoms with Gasteiger partial charge in [0.05, 0.1) is 13.3 Å². The Bertz CT molecular complexity index is 1130. The molecule has 0 amide bonds. The zero-order valence-corrected chi connectivity index (χ0v) is 17.0. The number of nitrogens with one attached hydrogen (secondary N) is 1. The van der Waals surface area contributed by atoms with Crippen LogP contribution in [0.5, 0.6) is 5.75 Å². The van der Waals surface area contributed by atoms with E-state index in [0.29, 0.717) is 17.3 Å². The SMILES string of the molecule is COc1cccc(Nc2cc(C#N)nc(-n3ncc(C(=O)OC(C)(C)C)c3N)n2)c1. The Morgan fingerprint density at radius 3 is 2.70 bits per heavy atom. The van der Waals surface area contributed by atoms with E-state index < -0.39 is 11.6 Å². The molecule has 0 unspecified atom stereocenters. The summed E-state index contributed by atoms with van der Waals surface area (Å²) in [6.07, 6.45) is 1.28. The van der Waals surface area contributed by atoms with Crippen LogP contribution in [0.3, 0.4) is 0 Å². The van der Waals surface area contributed by atoms with Gasteiger partial charge in [0.15, 0.2) is 0 Å². The fourth-order valence-corrected chi connectivity index (χ4v) is 2.51. The molecule has 0 aliphatic rings. The predicted octanol–water partition coefficient (Wildman–Crippen LogP) is 2.82. The maximum absolute atomic E-state index is 12.3. The van der Waals surface area contributed by atoms with Crippen LogP contribution in [0.1, 0.15) is 36.8 Å². The molecule has 154 valence electrons. The third kappa shape index (κ3) is 4.64. The van der Waals surface area contributed by atoms with Crippen LogP contribution in [0.2, 0.25) is 0 Å². The van der Waals surface area contributed by atoms with Gasteiger partial charge in [-0.05, 0) is 32.9 Å². The fraction of sp³-hybridized carbons (Fsp3) is 0.250. The van der Waals surface area contributed by atoms with Gasteiger partial charge in [-0.2, -0.15) is 25.0 Å². The zero-order valence-electron chi connectivity index (χ0n) is 17.0. The smallest absolute Gasteiger partial charge is 0.344 e. The van der Waals surface area contributed by atoms with Gasteiger partial charge in [-0.1, -0.05) is 6.07 Å². The summed E-state index contributed by atoms with van der Waals surface area (Å²) >= 11 is 0. The largest absolute Gasteiger partial charge is 0.497 e. The lowest BCUT2D eigenvalue weighted by molar-refractivity contribution is 0.00708. The van der Waals surface area contributed by atoms with Gasteiger partial charge in [-0.3, -0.25) is 0 Å². The van der Waals surface area contributed by atoms with E-state index in [9.17, 15) is 10.1 Å². The average molecular weight is 407 g/mol. The van der Waals surface area contributed by atoms with Crippen LogP contribution in [-0.4, -0.2) is 38.4 Å². The van der Waals surface area contributed by atoms with Crippen molar-refractivity contribution in [3.05, 3.63) is 47.8 Å². The number of ether oxygens (including phenoxy) is 2. The van der Waals surface area contributed by atoms with Crippen LogP contribution in [0.25, 0.3) is 5.95 Å². The van der Waals surface area contributed by atoms with Gasteiger partial charge in [-0.15, -0.1) is 0 Å². The monoisotopic (exact) mass is 407 g/mol. The lowest BCUT2D eigenvalue weighted by atomic mass is 10.2. The molecule has 0 atom stereocenters. The lowest BCUT2D eigenvalue weighted by Gasteiger charge is -2.19. The second-order valence-electron chi connectivity index (χ2n) is 7.26. The molecule has 0 aliphatic heterocycles. The second kappa shape index (κ2) is 8.08. The minimum Gasteiger partial charge on any atom is -0.497 e. The van der Waals surface area contributed by atoms with Gasteiger partial charge >= 0.3 is 5.97 Å². The molecule has 2 aromatic heterocycles. The van der Waals surface area contributed by atoms with Crippen molar-refractivity contribution in [2.45, 2.75) is 26.4 Å². The summed E-state index contributed by atoms with van der Waals surface area (Å²) in [5.41, 5.74) is 6.28. The van der Waals surface area contributed by atoms with E-state index in [-0.39, 0.29) is 23.0 Å². The molecule has 0 saturated carbocycles. The van der Waals surface area contributed by atoms with E-state index in [4.69, 9.17) is 15.2 Å². The second-order valence-corrected chi connectivity index (χ2v) is 7.26. The molecule has 1 aromatic carbocycles. The van der Waals surface area contributed by atoms with Gasteiger partial charge in [0.25, 0.3) is 5.95 Å². The van der Waals surface area contributed by atoms with Crippen molar-refractivity contribution in [1.82, 2.24) is 19.7 Å². The van der Waals surface area contributed by atoms with Crippen LogP contribution < -0.4 is 15.8 Å². The molecule has 10 heteroatoms. The standard InChI is InChI=1S/C20H21N7O3/c1-20(2,3)30-18(28)15-11-23-27(17(15)22)19-25-13(10-21)9-16(26-19)24-12-6-5-7-14(8-12)29-4/h5-9,11H,22H2,1-4H3,(H,24,25,26). The number of anilines is 3. The van der Waals surface area contributed by atoms with Crippen molar-refractivity contribution in [2.24, 2.45) is 0 Å². The molecule has 0 saturated heterocycles. The molecule has 10 nitrogen and oxygen atoms in total. The van der Waals surface area contributed by atoms with Crippen LogP contribution in [-0.2, 0) is 4.74 Å². The Balaban J connectivity index is 1.96. The Labute approximate surface area is 173 Å². The predicted molar refractivity (Wildman–Crippen MR) is 110 cm³/mol. The van der Waals surface area contributed by atoms with E-state index in [1.165, 1.54) is 16.9 Å². The minimum atomic E-state index is -0.684. The molecule has 3 N–H and O–H groups in total. The number of carbonyl (C=O) groups excluding carboxylic acids is 1. The third-order valence-corrected chi connectivity index (χ3v) is 3.79. The van der Waals surface area contributed by atoms with Crippen molar-refractivity contribution >= 4 is 23.3 Å². The first-order valence-electron chi connectivity index (χ1n) is 8.97. The number of esters is 1. The van der Waals surface area contributed by atoms with Gasteiger partial charge in [0.2, 0.25) is 0 Å². The number of aromatic nitrogens is 4. The summed E-state index contributed by atoms with van der Waals surface area (Å²) in [5, 5.41) is 16.5. The first kappa shape index (κ1) is 20.6. The van der Waals surface area contributed by atoms with E-state index in [1.807, 2.05) is 18.2 Å². The van der Waals surface area contributed by atoms with Crippen molar-refractivity contribution in [3.8, 4) is 17.8 Å². The number of nitrogens with zero attached hydrogens (tertiary/aromatic N) is 5. The summed E-state index contributed by atoms with van der Waals surface area (Å²) < 4.78 is 11.7. The zero-order chi connectivity index (χ0) is 21.9. The topological polar surface area (TPSA) is 141 Å². The van der Waals surface area contributed by atoms with Gasteiger partial charge in [0, 0.05) is 17.8 Å². The van der Waals surface area contributed by atoms with Crippen LogP contribution in [0.15, 0.2) is 36.5 Å². The highest BCUT2D eigenvalue weighted by Crippen LogP contribution is 2.23. The summed E-state index contributed by atoms with van der Waals surface area (Å²) in [6, 6.07) is 10.7. The summed E-state index contributed by atoms with van der Waals surface area (Å²) in [4.78, 5) is 20.8. The number of hydrogen-bond donors (Lipinski definition) is 2. The molecule has 0 spiro atoms. The first-order chi connectivity index (χ1) is 14.2. The Morgan fingerprint density at radius 1 is 1.27 bits per heavy atom. The van der Waals surface area contributed by atoms with E-state index >= 15 is 0 Å². The molecular weight excluding hydrogens is 386 g/mol. The number of rotatable bonds is 5. The molecule has 0 fully saturated rings. The Morgan fingerprint density at radius 2 is 2.03 bits per heavy atom. The highest BCUT2D eigenvalue weighted by molar-refractivity contribution is 5.94. The molecule has 3 aromatic rings. The highest BCUT2D eigenvalue weighted by atomic mass is 16.6. The molecule has 0 aliphatic carbocycles. The van der Waals surface area contributed by atoms with Crippen LogP contribution in [0.4, 0.5) is 17.3 Å². The molecule has 0 radical (unpaired) electrons. The maximum Gasteiger partial charge on any atom is 0.344 e. The highest BCUT2D eigenvalue weighted by Gasteiger charge is 2.24. The maximum atomic E-state index is 12.3. The molecule has 2 heterocycles. The Kier molecular flexibility index (Phi) is 5.55. The molecule has 30 heavy (non-hydrogen) atoms. The van der Waals surface area contributed by atoms with Crippen molar-refractivity contribution in [3.63, 3.8) is 0 Å². The Hall–Kier alpha value is -4.13. The summed E-state index contributed by atoms with van der Waals surface area (Å²) in [6.45, 7) is 5.25. The number of nitrogen functional groups attached to an aromatic ring is 1. The van der Waals surface area contributed by atoms with Gasteiger partial charge < -0.3 is 20.5 Å². The van der Waals surface area contributed by atoms with Gasteiger partial charge in [-0.25, -0.2) is 4.79 Å². The van der Waals surface area contributed by atoms with Crippen molar-refractivity contribution < 1.29 is 14.3 Å². The lowest BCUT2D eigenvalue weighted by Crippen LogP contribution is -2.24. The number of hydrogen-bond acceptors (Lipinski definition) is 9. The average Bonchev–Trinajstić information content (AvgIpc) is 3.08. The number of nitriles is 1. The molecule has 3 rings (SSSR count). The van der Waals surface area contributed by atoms with E-state index in [2.05, 4.69) is 20.4 Å². The number of methoxy groups -OCH3 is 1. The summed E-state index contributed by atoms with van der Waals surface area (Å²) in [5.74, 6) is 0.433. The first-order valence-corrected chi connectivity index (χ1v) is 8.97. The minimum absolute atomic E-state index is 0.00618. The number of carbonyl (C=O) groups is 1. The molecular formula is C20H21N7O3. The van der Waals surface area contributed by atoms with Crippen LogP contribution in [0, 0.1) is 11.3 Å². The summed E-state index contributed by atoms with van der Waals surface area (Å²) in [7, 11) is 1.57. The number of benzene rings is 1. The van der Waals surface area contributed by atoms with Crippen LogP contribution >= 0.6 is 0 Å². The third-order valence-electron chi connectivity index (χ3n) is 3.79. The number of nitrogens with two attached hydrogens (primary N) is 1. The fourth-order valence-electron chi connectivity index (χ4n) is 2.51. The quantitative estimate of drug-likeness (QED) is 0.611. The van der Waals surface area contributed by atoms with E-state index in [0.717, 1.165) is 0 Å². The van der Waals surface area contributed by atoms with Gasteiger partial charge in [0.1, 0.15) is 40.3 Å².